The Morgan fingerprint density at radius 3 is 2.71 bits per heavy atom. The molecule has 2 aliphatic heterocycles. The molecule has 1 spiro atoms. The molecule has 6 heteroatoms. The van der Waals surface area contributed by atoms with Crippen LogP contribution in [0.5, 0.6) is 5.75 Å². The third-order valence-electron chi connectivity index (χ3n) is 6.08. The summed E-state index contributed by atoms with van der Waals surface area (Å²) in [7, 11) is 0. The van der Waals surface area contributed by atoms with E-state index >= 15 is 0 Å². The molecule has 3 aromatic rings. The fraction of sp³-hybridized carbons (Fsp3) is 0.364. The average Bonchev–Trinajstić information content (AvgIpc) is 3.10. The summed E-state index contributed by atoms with van der Waals surface area (Å²) >= 11 is 6.35. The highest BCUT2D eigenvalue weighted by Gasteiger charge is 2.44. The summed E-state index contributed by atoms with van der Waals surface area (Å²) in [6.45, 7) is 5.45. The van der Waals surface area contributed by atoms with E-state index in [-0.39, 0.29) is 5.78 Å². The van der Waals surface area contributed by atoms with Crippen molar-refractivity contribution in [1.29, 1.82) is 0 Å². The van der Waals surface area contributed by atoms with E-state index in [9.17, 15) is 4.79 Å². The minimum atomic E-state index is -0.431. The van der Waals surface area contributed by atoms with E-state index < -0.39 is 5.60 Å². The van der Waals surface area contributed by atoms with Gasteiger partial charge in [-0.25, -0.2) is 4.98 Å². The maximum Gasteiger partial charge on any atom is 0.203 e. The van der Waals surface area contributed by atoms with Crippen molar-refractivity contribution in [3.05, 3.63) is 52.0 Å². The quantitative estimate of drug-likeness (QED) is 0.640. The van der Waals surface area contributed by atoms with Crippen LogP contribution in [0.2, 0.25) is 5.02 Å². The van der Waals surface area contributed by atoms with Crippen LogP contribution in [0.15, 0.2) is 30.3 Å². The van der Waals surface area contributed by atoms with E-state index in [1.807, 2.05) is 44.2 Å². The lowest BCUT2D eigenvalue weighted by molar-refractivity contribution is 0.0229. The lowest BCUT2D eigenvalue weighted by Gasteiger charge is -2.44. The molecule has 0 amide bonds. The van der Waals surface area contributed by atoms with Crippen molar-refractivity contribution in [2.45, 2.75) is 38.7 Å². The van der Waals surface area contributed by atoms with Gasteiger partial charge in [0.2, 0.25) is 5.95 Å². The molecule has 1 saturated heterocycles. The van der Waals surface area contributed by atoms with E-state index in [0.29, 0.717) is 22.8 Å². The highest BCUT2D eigenvalue weighted by atomic mass is 35.5. The number of hydrogen-bond acceptors (Lipinski definition) is 4. The number of aromatic amines is 1. The van der Waals surface area contributed by atoms with Crippen LogP contribution in [0.4, 0.5) is 5.95 Å². The lowest BCUT2D eigenvalue weighted by atomic mass is 9.81. The molecule has 5 rings (SSSR count). The standard InChI is InChI=1S/C22H22ClN3O2/c1-13-11-18-19(14(2)20(13)23)17(27)12-22(28-18)7-9-26(10-8-22)21-24-15-5-3-4-6-16(15)25-21/h3-6,11H,7-10,12H2,1-2H3,(H,24,25). The number of carbonyl (C=O) groups is 1. The number of ether oxygens (including phenoxy) is 1. The van der Waals surface area contributed by atoms with Crippen molar-refractivity contribution in [3.63, 3.8) is 0 Å². The number of H-pyrrole nitrogens is 1. The first-order valence-corrected chi connectivity index (χ1v) is 10.1. The summed E-state index contributed by atoms with van der Waals surface area (Å²) in [4.78, 5) is 23.3. The van der Waals surface area contributed by atoms with Crippen LogP contribution in [-0.2, 0) is 0 Å². The number of rotatable bonds is 1. The Kier molecular flexibility index (Phi) is 3.91. The molecule has 2 aromatic carbocycles. The number of fused-ring (bicyclic) bond motifs is 2. The number of hydrogen-bond donors (Lipinski definition) is 1. The summed E-state index contributed by atoms with van der Waals surface area (Å²) < 4.78 is 6.45. The van der Waals surface area contributed by atoms with Crippen LogP contribution in [0.25, 0.3) is 11.0 Å². The van der Waals surface area contributed by atoms with Gasteiger partial charge < -0.3 is 14.6 Å². The van der Waals surface area contributed by atoms with E-state index in [0.717, 1.165) is 54.0 Å². The zero-order chi connectivity index (χ0) is 19.5. The number of anilines is 1. The molecule has 2 aliphatic rings. The topological polar surface area (TPSA) is 58.2 Å². The summed E-state index contributed by atoms with van der Waals surface area (Å²) in [5, 5.41) is 0.659. The second kappa shape index (κ2) is 6.24. The van der Waals surface area contributed by atoms with E-state index in [4.69, 9.17) is 21.3 Å². The summed E-state index contributed by atoms with van der Waals surface area (Å²) in [6.07, 6.45) is 1.99. The highest BCUT2D eigenvalue weighted by molar-refractivity contribution is 6.32. The van der Waals surface area contributed by atoms with E-state index in [1.165, 1.54) is 0 Å². The Labute approximate surface area is 168 Å². The number of nitrogens with one attached hydrogen (secondary N) is 1. The number of ketones is 1. The largest absolute Gasteiger partial charge is 0.486 e. The smallest absolute Gasteiger partial charge is 0.203 e. The van der Waals surface area contributed by atoms with E-state index in [2.05, 4.69) is 9.88 Å². The molecule has 0 atom stereocenters. The molecule has 0 saturated carbocycles. The van der Waals surface area contributed by atoms with Crippen molar-refractivity contribution in [2.75, 3.05) is 18.0 Å². The minimum absolute atomic E-state index is 0.137. The third kappa shape index (κ3) is 2.68. The number of piperidine rings is 1. The van der Waals surface area contributed by atoms with Gasteiger partial charge in [-0.2, -0.15) is 0 Å². The van der Waals surface area contributed by atoms with Gasteiger partial charge in [0, 0.05) is 31.0 Å². The predicted molar refractivity (Wildman–Crippen MR) is 111 cm³/mol. The summed E-state index contributed by atoms with van der Waals surface area (Å²) in [6, 6.07) is 9.95. The third-order valence-corrected chi connectivity index (χ3v) is 6.67. The van der Waals surface area contributed by atoms with Crippen LogP contribution in [0.3, 0.4) is 0 Å². The van der Waals surface area contributed by atoms with E-state index in [1.54, 1.807) is 0 Å². The number of Topliss-reactive ketones (excluding diaryl/α,β-unsaturated/α-hetero) is 1. The second-order valence-corrected chi connectivity index (χ2v) is 8.33. The SMILES string of the molecule is Cc1cc2c(c(C)c1Cl)C(=O)CC1(CCN(c3nc4ccccc4[nH]3)CC1)O2. The Morgan fingerprint density at radius 1 is 1.21 bits per heavy atom. The van der Waals surface area contributed by atoms with Crippen LogP contribution in [-0.4, -0.2) is 34.4 Å². The van der Waals surface area contributed by atoms with Gasteiger partial charge in [0.15, 0.2) is 5.78 Å². The Morgan fingerprint density at radius 2 is 1.96 bits per heavy atom. The number of aryl methyl sites for hydroxylation is 1. The predicted octanol–water partition coefficient (Wildman–Crippen LogP) is 4.84. The second-order valence-electron chi connectivity index (χ2n) is 7.96. The van der Waals surface area contributed by atoms with Gasteiger partial charge in [-0.1, -0.05) is 23.7 Å². The van der Waals surface area contributed by atoms with Gasteiger partial charge in [0.05, 0.1) is 23.0 Å². The fourth-order valence-electron chi connectivity index (χ4n) is 4.49. The van der Waals surface area contributed by atoms with Gasteiger partial charge in [-0.15, -0.1) is 0 Å². The van der Waals surface area contributed by atoms with Crippen LogP contribution in [0, 0.1) is 13.8 Å². The molecule has 0 bridgehead atoms. The van der Waals surface area contributed by atoms with Gasteiger partial charge in [0.1, 0.15) is 11.4 Å². The number of aromatic nitrogens is 2. The van der Waals surface area contributed by atoms with Crippen LogP contribution < -0.4 is 9.64 Å². The number of benzene rings is 2. The number of imidazole rings is 1. The molecule has 1 N–H and O–H groups in total. The molecule has 28 heavy (non-hydrogen) atoms. The van der Waals surface area contributed by atoms with Gasteiger partial charge in [-0.05, 0) is 43.2 Å². The van der Waals surface area contributed by atoms with Crippen molar-refractivity contribution < 1.29 is 9.53 Å². The van der Waals surface area contributed by atoms with Crippen molar-refractivity contribution in [1.82, 2.24) is 9.97 Å². The number of carbonyl (C=O) groups excluding carboxylic acids is 1. The Bertz CT molecular complexity index is 1060. The molecule has 0 unspecified atom stereocenters. The summed E-state index contributed by atoms with van der Waals surface area (Å²) in [5.41, 5.74) is 4.01. The van der Waals surface area contributed by atoms with Crippen molar-refractivity contribution >= 4 is 34.4 Å². The Balaban J connectivity index is 1.39. The van der Waals surface area contributed by atoms with Gasteiger partial charge >= 0.3 is 0 Å². The first kappa shape index (κ1) is 17.6. The van der Waals surface area contributed by atoms with Crippen LogP contribution in [0.1, 0.15) is 40.7 Å². The number of halogens is 1. The molecule has 144 valence electrons. The monoisotopic (exact) mass is 395 g/mol. The zero-order valence-corrected chi connectivity index (χ0v) is 16.8. The molecule has 0 radical (unpaired) electrons. The minimum Gasteiger partial charge on any atom is -0.486 e. The maximum atomic E-state index is 12.9. The average molecular weight is 396 g/mol. The van der Waals surface area contributed by atoms with Crippen LogP contribution >= 0.6 is 11.6 Å². The first-order chi connectivity index (χ1) is 13.5. The molecule has 3 heterocycles. The first-order valence-electron chi connectivity index (χ1n) is 9.67. The normalized spacial score (nSPS) is 18.4. The Hall–Kier alpha value is -2.53. The molecule has 1 aromatic heterocycles. The molecule has 1 fully saturated rings. The van der Waals surface area contributed by atoms with Crippen molar-refractivity contribution in [2.24, 2.45) is 0 Å². The maximum absolute atomic E-state index is 12.9. The van der Waals surface area contributed by atoms with Gasteiger partial charge in [0.25, 0.3) is 0 Å². The lowest BCUT2D eigenvalue weighted by Crippen LogP contribution is -2.51. The molecule has 5 nitrogen and oxygen atoms in total. The molecule has 0 aliphatic carbocycles. The van der Waals surface area contributed by atoms with Gasteiger partial charge in [-0.3, -0.25) is 4.79 Å². The molecular weight excluding hydrogens is 374 g/mol. The fourth-order valence-corrected chi connectivity index (χ4v) is 4.64. The van der Waals surface area contributed by atoms with Crippen molar-refractivity contribution in [3.8, 4) is 5.75 Å². The number of nitrogens with zero attached hydrogens (tertiary/aromatic N) is 2. The summed E-state index contributed by atoms with van der Waals surface area (Å²) in [5.74, 6) is 1.71. The number of para-hydroxylation sites is 2. The zero-order valence-electron chi connectivity index (χ0n) is 16.0. The highest BCUT2D eigenvalue weighted by Crippen LogP contribution is 2.43. The molecular formula is C22H22ClN3O2.